The maximum absolute atomic E-state index is 4.96. The summed E-state index contributed by atoms with van der Waals surface area (Å²) in [6, 6.07) is 0. The van der Waals surface area contributed by atoms with E-state index in [9.17, 15) is 0 Å². The summed E-state index contributed by atoms with van der Waals surface area (Å²) in [5, 5.41) is 3.53. The second kappa shape index (κ2) is 13.2. The first-order valence-corrected chi connectivity index (χ1v) is 10.6. The summed E-state index contributed by atoms with van der Waals surface area (Å²) in [5.41, 5.74) is 0. The molecule has 2 heterocycles. The van der Waals surface area contributed by atoms with Crippen LogP contribution in [0.1, 0.15) is 46.5 Å². The Kier molecular flexibility index (Phi) is 12.1. The lowest BCUT2D eigenvalue weighted by Crippen LogP contribution is -2.41. The lowest BCUT2D eigenvalue weighted by atomic mass is 9.87. The van der Waals surface area contributed by atoms with E-state index in [2.05, 4.69) is 47.8 Å². The molecular weight excluding hydrogens is 437 g/mol. The Hall–Kier alpha value is -0.0800. The van der Waals surface area contributed by atoms with Crippen LogP contribution in [-0.2, 0) is 0 Å². The van der Waals surface area contributed by atoms with Crippen LogP contribution in [-0.4, -0.2) is 86.6 Å². The number of nitrogens with one attached hydrogen (secondary N) is 1. The first-order chi connectivity index (χ1) is 12.2. The number of hydrogen-bond donors (Lipinski definition) is 1. The zero-order valence-electron chi connectivity index (χ0n) is 17.5. The number of likely N-dealkylation sites (tertiary alicyclic amines) is 1. The molecule has 0 aromatic heterocycles. The highest BCUT2D eigenvalue weighted by molar-refractivity contribution is 14.0. The summed E-state index contributed by atoms with van der Waals surface area (Å²) >= 11 is 0. The number of hydrogen-bond acceptors (Lipinski definition) is 3. The zero-order chi connectivity index (χ0) is 18.1. The zero-order valence-corrected chi connectivity index (χ0v) is 19.9. The Balaban J connectivity index is 0.00000338. The van der Waals surface area contributed by atoms with Gasteiger partial charge in [0.25, 0.3) is 0 Å². The van der Waals surface area contributed by atoms with Gasteiger partial charge in [-0.1, -0.05) is 26.7 Å². The third kappa shape index (κ3) is 7.50. The van der Waals surface area contributed by atoms with Crippen LogP contribution in [0, 0.1) is 11.8 Å². The molecule has 6 heteroatoms. The first-order valence-electron chi connectivity index (χ1n) is 10.6. The summed E-state index contributed by atoms with van der Waals surface area (Å²) in [4.78, 5) is 12.5. The molecule has 0 aromatic carbocycles. The van der Waals surface area contributed by atoms with E-state index < -0.39 is 0 Å². The maximum atomic E-state index is 4.96. The maximum Gasteiger partial charge on any atom is 0.193 e. The number of rotatable bonds is 7. The Morgan fingerprint density at radius 1 is 1.08 bits per heavy atom. The molecular formula is C20H42IN5. The van der Waals surface area contributed by atoms with Crippen LogP contribution in [0.25, 0.3) is 0 Å². The van der Waals surface area contributed by atoms with Gasteiger partial charge in [0.05, 0.1) is 6.54 Å². The third-order valence-electron chi connectivity index (χ3n) is 6.06. The second-order valence-electron chi connectivity index (χ2n) is 7.81. The number of likely N-dealkylation sites (N-methyl/N-ethyl adjacent to an activating group) is 1. The highest BCUT2D eigenvalue weighted by atomic mass is 127. The SMILES string of the molecule is CCNC(=NCCN1CCCN(C)CC1)N1CCC(C(CC)CC)C1.I. The molecule has 26 heavy (non-hydrogen) atoms. The molecule has 0 saturated carbocycles. The molecule has 0 aromatic rings. The largest absolute Gasteiger partial charge is 0.357 e. The van der Waals surface area contributed by atoms with Crippen molar-refractivity contribution in [3.8, 4) is 0 Å². The van der Waals surface area contributed by atoms with Crippen molar-refractivity contribution in [2.45, 2.75) is 46.5 Å². The molecule has 0 amide bonds. The summed E-state index contributed by atoms with van der Waals surface area (Å²) in [5.74, 6) is 2.87. The lowest BCUT2D eigenvalue weighted by molar-refractivity contribution is 0.282. The molecule has 0 radical (unpaired) electrons. The molecule has 0 bridgehead atoms. The van der Waals surface area contributed by atoms with Crippen LogP contribution >= 0.6 is 24.0 Å². The minimum Gasteiger partial charge on any atom is -0.357 e. The standard InChI is InChI=1S/C20H41N5.HI/c1-5-18(6-2)19-9-13-25(17-19)20(21-7-3)22-10-14-24-12-8-11-23(4)15-16-24;/h18-19H,5-17H2,1-4H3,(H,21,22);1H. The van der Waals surface area contributed by atoms with Crippen LogP contribution < -0.4 is 5.32 Å². The van der Waals surface area contributed by atoms with Crippen molar-refractivity contribution < 1.29 is 0 Å². The predicted molar refractivity (Wildman–Crippen MR) is 124 cm³/mol. The van der Waals surface area contributed by atoms with E-state index in [4.69, 9.17) is 4.99 Å². The number of nitrogens with zero attached hydrogens (tertiary/aromatic N) is 4. The molecule has 2 aliphatic rings. The Bertz CT molecular complexity index is 400. The average molecular weight is 479 g/mol. The van der Waals surface area contributed by atoms with E-state index in [1.54, 1.807) is 0 Å². The van der Waals surface area contributed by atoms with Crippen molar-refractivity contribution in [3.63, 3.8) is 0 Å². The van der Waals surface area contributed by atoms with Crippen molar-refractivity contribution in [2.24, 2.45) is 16.8 Å². The normalized spacial score (nSPS) is 23.2. The van der Waals surface area contributed by atoms with Crippen LogP contribution in [0.4, 0.5) is 0 Å². The van der Waals surface area contributed by atoms with E-state index in [1.807, 2.05) is 0 Å². The predicted octanol–water partition coefficient (Wildman–Crippen LogP) is 2.97. The van der Waals surface area contributed by atoms with Gasteiger partial charge in [0.2, 0.25) is 0 Å². The monoisotopic (exact) mass is 479 g/mol. The summed E-state index contributed by atoms with van der Waals surface area (Å²) in [6.45, 7) is 17.0. The molecule has 0 aliphatic carbocycles. The second-order valence-corrected chi connectivity index (χ2v) is 7.81. The first kappa shape index (κ1) is 24.0. The van der Waals surface area contributed by atoms with E-state index in [-0.39, 0.29) is 24.0 Å². The van der Waals surface area contributed by atoms with Crippen LogP contribution in [0.2, 0.25) is 0 Å². The topological polar surface area (TPSA) is 34.1 Å². The summed E-state index contributed by atoms with van der Waals surface area (Å²) in [6.07, 6.45) is 5.23. The van der Waals surface area contributed by atoms with Gasteiger partial charge in [0.1, 0.15) is 0 Å². The quantitative estimate of drug-likeness (QED) is 0.346. The summed E-state index contributed by atoms with van der Waals surface area (Å²) in [7, 11) is 2.23. The van der Waals surface area contributed by atoms with Crippen molar-refractivity contribution in [3.05, 3.63) is 0 Å². The molecule has 1 unspecified atom stereocenters. The molecule has 5 nitrogen and oxygen atoms in total. The van der Waals surface area contributed by atoms with Gasteiger partial charge < -0.3 is 20.0 Å². The highest BCUT2D eigenvalue weighted by Gasteiger charge is 2.29. The van der Waals surface area contributed by atoms with Crippen molar-refractivity contribution in [1.82, 2.24) is 20.0 Å². The Labute approximate surface area is 179 Å². The molecule has 1 atom stereocenters. The molecule has 2 saturated heterocycles. The lowest BCUT2D eigenvalue weighted by Gasteiger charge is -2.25. The van der Waals surface area contributed by atoms with Crippen LogP contribution in [0.15, 0.2) is 4.99 Å². The van der Waals surface area contributed by atoms with Crippen molar-refractivity contribution >= 4 is 29.9 Å². The fourth-order valence-electron chi connectivity index (χ4n) is 4.37. The van der Waals surface area contributed by atoms with Gasteiger partial charge in [-0.05, 0) is 51.7 Å². The van der Waals surface area contributed by atoms with Gasteiger partial charge in [-0.2, -0.15) is 0 Å². The highest BCUT2D eigenvalue weighted by Crippen LogP contribution is 2.28. The summed E-state index contributed by atoms with van der Waals surface area (Å²) < 4.78 is 0. The smallest absolute Gasteiger partial charge is 0.193 e. The minimum atomic E-state index is 0. The fourth-order valence-corrected chi connectivity index (χ4v) is 4.37. The minimum absolute atomic E-state index is 0. The van der Waals surface area contributed by atoms with Crippen LogP contribution in [0.5, 0.6) is 0 Å². The third-order valence-corrected chi connectivity index (χ3v) is 6.06. The van der Waals surface area contributed by atoms with Gasteiger partial charge in [-0.3, -0.25) is 4.99 Å². The van der Waals surface area contributed by atoms with E-state index >= 15 is 0 Å². The van der Waals surface area contributed by atoms with Gasteiger partial charge in [0, 0.05) is 39.3 Å². The van der Waals surface area contributed by atoms with Gasteiger partial charge in [-0.15, -0.1) is 24.0 Å². The molecule has 1 N–H and O–H groups in total. The molecule has 0 spiro atoms. The van der Waals surface area contributed by atoms with E-state index in [0.717, 1.165) is 37.4 Å². The number of guanidine groups is 1. The van der Waals surface area contributed by atoms with Gasteiger partial charge >= 0.3 is 0 Å². The fraction of sp³-hybridized carbons (Fsp3) is 0.950. The van der Waals surface area contributed by atoms with Gasteiger partial charge in [-0.25, -0.2) is 0 Å². The molecule has 2 rings (SSSR count). The average Bonchev–Trinajstić information content (AvgIpc) is 2.99. The van der Waals surface area contributed by atoms with E-state index in [1.165, 1.54) is 65.0 Å². The van der Waals surface area contributed by atoms with E-state index in [0.29, 0.717) is 0 Å². The number of halogens is 1. The van der Waals surface area contributed by atoms with Crippen LogP contribution in [0.3, 0.4) is 0 Å². The van der Waals surface area contributed by atoms with Gasteiger partial charge in [0.15, 0.2) is 5.96 Å². The number of aliphatic imine (C=N–C) groups is 1. The Morgan fingerprint density at radius 2 is 1.85 bits per heavy atom. The molecule has 2 aliphatic heterocycles. The van der Waals surface area contributed by atoms with Crippen molar-refractivity contribution in [1.29, 1.82) is 0 Å². The van der Waals surface area contributed by atoms with Crippen molar-refractivity contribution in [2.75, 3.05) is 66.0 Å². The molecule has 154 valence electrons. The molecule has 2 fully saturated rings. The Morgan fingerprint density at radius 3 is 2.54 bits per heavy atom.